The summed E-state index contributed by atoms with van der Waals surface area (Å²) >= 11 is 6.03. The van der Waals surface area contributed by atoms with Crippen LogP contribution in [0.4, 0.5) is 0 Å². The molecule has 3 rings (SSSR count). The van der Waals surface area contributed by atoms with Crippen molar-refractivity contribution >= 4 is 17.5 Å². The van der Waals surface area contributed by atoms with E-state index >= 15 is 0 Å². The Kier molecular flexibility index (Phi) is 6.92. The van der Waals surface area contributed by atoms with Crippen molar-refractivity contribution in [1.29, 1.82) is 0 Å². The zero-order valence-corrected chi connectivity index (χ0v) is 16.4. The minimum Gasteiger partial charge on any atom is -0.396 e. The Morgan fingerprint density at radius 1 is 1.04 bits per heavy atom. The van der Waals surface area contributed by atoms with Crippen LogP contribution >= 0.6 is 11.6 Å². The molecule has 1 atom stereocenters. The van der Waals surface area contributed by atoms with Crippen LogP contribution in [0.3, 0.4) is 0 Å². The molecule has 1 aliphatic rings. The van der Waals surface area contributed by atoms with Gasteiger partial charge in [0.25, 0.3) is 0 Å². The summed E-state index contributed by atoms with van der Waals surface area (Å²) in [6.45, 7) is 0.774. The molecule has 1 saturated carbocycles. The van der Waals surface area contributed by atoms with Crippen molar-refractivity contribution in [2.24, 2.45) is 0 Å². The van der Waals surface area contributed by atoms with Crippen LogP contribution in [0.1, 0.15) is 55.6 Å². The summed E-state index contributed by atoms with van der Waals surface area (Å²) in [6, 6.07) is 17.9. The van der Waals surface area contributed by atoms with Gasteiger partial charge in [-0.25, -0.2) is 0 Å². The summed E-state index contributed by atoms with van der Waals surface area (Å²) < 4.78 is 0. The molecule has 0 saturated heterocycles. The lowest BCUT2D eigenvalue weighted by Gasteiger charge is -2.29. The van der Waals surface area contributed by atoms with Gasteiger partial charge >= 0.3 is 0 Å². The Balaban J connectivity index is 1.65. The number of halogens is 1. The van der Waals surface area contributed by atoms with E-state index in [1.54, 1.807) is 0 Å². The van der Waals surface area contributed by atoms with Gasteiger partial charge in [0.05, 0.1) is 5.41 Å². The van der Waals surface area contributed by atoms with Crippen LogP contribution in [0.15, 0.2) is 54.6 Å². The van der Waals surface area contributed by atoms with Gasteiger partial charge in [-0.2, -0.15) is 0 Å². The molecule has 0 spiro atoms. The van der Waals surface area contributed by atoms with Gasteiger partial charge in [0.2, 0.25) is 5.91 Å². The summed E-state index contributed by atoms with van der Waals surface area (Å²) in [5, 5.41) is 13.3. The van der Waals surface area contributed by atoms with Gasteiger partial charge in [-0.1, -0.05) is 66.9 Å². The molecule has 0 bridgehead atoms. The van der Waals surface area contributed by atoms with Gasteiger partial charge < -0.3 is 10.4 Å². The fourth-order valence-corrected chi connectivity index (χ4v) is 4.41. The molecule has 0 heterocycles. The third kappa shape index (κ3) is 4.72. The van der Waals surface area contributed by atoms with E-state index in [4.69, 9.17) is 11.6 Å². The smallest absolute Gasteiger partial charge is 0.230 e. The molecule has 4 heteroatoms. The number of nitrogens with one attached hydrogen (secondary N) is 1. The molecule has 1 aliphatic carbocycles. The molecule has 1 unspecified atom stereocenters. The van der Waals surface area contributed by atoms with Gasteiger partial charge in [0.1, 0.15) is 0 Å². The summed E-state index contributed by atoms with van der Waals surface area (Å²) in [5.41, 5.74) is 1.86. The summed E-state index contributed by atoms with van der Waals surface area (Å²) in [5.74, 6) is 0.379. The molecule has 144 valence electrons. The third-order valence-electron chi connectivity index (χ3n) is 5.82. The topological polar surface area (TPSA) is 49.3 Å². The van der Waals surface area contributed by atoms with E-state index in [0.717, 1.165) is 37.7 Å². The first kappa shape index (κ1) is 19.9. The van der Waals surface area contributed by atoms with Crippen molar-refractivity contribution in [3.63, 3.8) is 0 Å². The number of carbonyl (C=O) groups is 1. The highest BCUT2D eigenvalue weighted by Gasteiger charge is 2.42. The summed E-state index contributed by atoms with van der Waals surface area (Å²) in [6.07, 6.45) is 5.47. The Labute approximate surface area is 166 Å². The molecule has 1 fully saturated rings. The highest BCUT2D eigenvalue weighted by Crippen LogP contribution is 2.41. The first-order chi connectivity index (χ1) is 13.2. The van der Waals surface area contributed by atoms with Crippen LogP contribution in [-0.4, -0.2) is 24.2 Å². The van der Waals surface area contributed by atoms with E-state index in [0.29, 0.717) is 18.0 Å². The van der Waals surface area contributed by atoms with Crippen molar-refractivity contribution in [2.45, 2.75) is 49.9 Å². The number of rotatable bonds is 8. The number of benzene rings is 2. The highest BCUT2D eigenvalue weighted by molar-refractivity contribution is 6.30. The van der Waals surface area contributed by atoms with Crippen molar-refractivity contribution < 1.29 is 9.90 Å². The lowest BCUT2D eigenvalue weighted by Crippen LogP contribution is -2.43. The second-order valence-electron chi connectivity index (χ2n) is 7.46. The van der Waals surface area contributed by atoms with E-state index in [9.17, 15) is 9.90 Å². The first-order valence-electron chi connectivity index (χ1n) is 9.86. The average molecular weight is 386 g/mol. The Morgan fingerprint density at radius 3 is 2.33 bits per heavy atom. The predicted molar refractivity (Wildman–Crippen MR) is 110 cm³/mol. The Hall–Kier alpha value is -1.84. The second-order valence-corrected chi connectivity index (χ2v) is 7.90. The molecule has 2 aromatic rings. The lowest BCUT2D eigenvalue weighted by molar-refractivity contribution is -0.126. The van der Waals surface area contributed by atoms with Crippen LogP contribution in [0, 0.1) is 0 Å². The van der Waals surface area contributed by atoms with E-state index in [-0.39, 0.29) is 18.4 Å². The molecule has 3 nitrogen and oxygen atoms in total. The van der Waals surface area contributed by atoms with Gasteiger partial charge in [-0.05, 0) is 54.9 Å². The normalized spacial score (nSPS) is 16.8. The Morgan fingerprint density at radius 2 is 1.70 bits per heavy atom. The SMILES string of the molecule is O=C(NCCC(CCO)c1ccccc1)C1(c2ccc(Cl)cc2)CCCC1. The third-order valence-corrected chi connectivity index (χ3v) is 6.07. The largest absolute Gasteiger partial charge is 0.396 e. The molecule has 27 heavy (non-hydrogen) atoms. The number of hydrogen-bond acceptors (Lipinski definition) is 2. The van der Waals surface area contributed by atoms with Crippen LogP contribution in [0.5, 0.6) is 0 Å². The molecule has 2 N–H and O–H groups in total. The molecule has 0 aromatic heterocycles. The maximum absolute atomic E-state index is 13.1. The molecule has 2 aromatic carbocycles. The standard InChI is InChI=1S/C23H28ClNO2/c24-21-10-8-20(9-11-21)23(14-4-5-15-23)22(27)25-16-12-19(13-17-26)18-6-2-1-3-7-18/h1-3,6-11,19,26H,4-5,12-17H2,(H,25,27). The van der Waals surface area contributed by atoms with Gasteiger partial charge in [0, 0.05) is 18.2 Å². The first-order valence-corrected chi connectivity index (χ1v) is 10.2. The van der Waals surface area contributed by atoms with Crippen molar-refractivity contribution in [1.82, 2.24) is 5.32 Å². The zero-order valence-electron chi connectivity index (χ0n) is 15.7. The molecule has 0 radical (unpaired) electrons. The number of aliphatic hydroxyl groups is 1. The number of aliphatic hydroxyl groups excluding tert-OH is 1. The van der Waals surface area contributed by atoms with Crippen molar-refractivity contribution in [3.8, 4) is 0 Å². The van der Waals surface area contributed by atoms with Gasteiger partial charge in [-0.15, -0.1) is 0 Å². The number of carbonyl (C=O) groups excluding carboxylic acids is 1. The number of hydrogen-bond donors (Lipinski definition) is 2. The fraction of sp³-hybridized carbons (Fsp3) is 0.435. The van der Waals surface area contributed by atoms with Crippen LogP contribution in [0.25, 0.3) is 0 Å². The van der Waals surface area contributed by atoms with Gasteiger partial charge in [-0.3, -0.25) is 4.79 Å². The molecule has 1 amide bonds. The molecular formula is C23H28ClNO2. The molecule has 0 aliphatic heterocycles. The zero-order chi connectivity index (χ0) is 19.1. The summed E-state index contributed by atoms with van der Waals surface area (Å²) in [4.78, 5) is 13.1. The minimum atomic E-state index is -0.427. The van der Waals surface area contributed by atoms with E-state index in [1.807, 2.05) is 42.5 Å². The highest BCUT2D eigenvalue weighted by atomic mass is 35.5. The van der Waals surface area contributed by atoms with Crippen molar-refractivity contribution in [3.05, 3.63) is 70.7 Å². The van der Waals surface area contributed by atoms with Gasteiger partial charge in [0.15, 0.2) is 0 Å². The average Bonchev–Trinajstić information content (AvgIpc) is 3.19. The quantitative estimate of drug-likeness (QED) is 0.684. The second kappa shape index (κ2) is 9.38. The van der Waals surface area contributed by atoms with Crippen molar-refractivity contribution in [2.75, 3.05) is 13.2 Å². The van der Waals surface area contributed by atoms with Crippen LogP contribution in [-0.2, 0) is 10.2 Å². The maximum atomic E-state index is 13.1. The molecular weight excluding hydrogens is 358 g/mol. The van der Waals surface area contributed by atoms with E-state index < -0.39 is 5.41 Å². The Bertz CT molecular complexity index is 724. The van der Waals surface area contributed by atoms with E-state index in [2.05, 4.69) is 17.4 Å². The predicted octanol–water partition coefficient (Wildman–Crippen LogP) is 4.82. The van der Waals surface area contributed by atoms with Crippen LogP contribution in [0.2, 0.25) is 5.02 Å². The van der Waals surface area contributed by atoms with Crippen LogP contribution < -0.4 is 5.32 Å². The lowest BCUT2D eigenvalue weighted by atomic mass is 9.78. The monoisotopic (exact) mass is 385 g/mol. The fourth-order valence-electron chi connectivity index (χ4n) is 4.28. The summed E-state index contributed by atoms with van der Waals surface area (Å²) in [7, 11) is 0. The minimum absolute atomic E-state index is 0.123. The maximum Gasteiger partial charge on any atom is 0.230 e. The number of amides is 1. The van der Waals surface area contributed by atoms with E-state index in [1.165, 1.54) is 5.56 Å².